The third-order valence-electron chi connectivity index (χ3n) is 4.58. The van der Waals surface area contributed by atoms with E-state index in [0.29, 0.717) is 21.7 Å². The third-order valence-corrected chi connectivity index (χ3v) is 5.55. The highest BCUT2D eigenvalue weighted by Crippen LogP contribution is 2.19. The minimum Gasteiger partial charge on any atom is -0.307 e. The van der Waals surface area contributed by atoms with Gasteiger partial charge in [-0.25, -0.2) is 9.78 Å². The van der Waals surface area contributed by atoms with Crippen molar-refractivity contribution in [3.8, 4) is 0 Å². The van der Waals surface area contributed by atoms with Gasteiger partial charge in [0, 0.05) is 12.2 Å². The number of carbonyl (C=O) groups excluding carboxylic acids is 2. The average Bonchev–Trinajstić information content (AvgIpc) is 2.72. The molecule has 154 valence electrons. The molecule has 2 N–H and O–H groups in total. The first-order valence-electron chi connectivity index (χ1n) is 9.31. The van der Waals surface area contributed by atoms with Gasteiger partial charge in [0.05, 0.1) is 16.7 Å². The van der Waals surface area contributed by atoms with Gasteiger partial charge in [-0.3, -0.25) is 19.5 Å². The molecular formula is C22H22N4O3S. The number of benzene rings is 2. The monoisotopic (exact) mass is 422 g/mol. The van der Waals surface area contributed by atoms with Crippen molar-refractivity contribution < 1.29 is 9.59 Å². The lowest BCUT2D eigenvalue weighted by molar-refractivity contribution is -0.117. The zero-order chi connectivity index (χ0) is 21.7. The number of urea groups is 1. The number of allylic oxidation sites excluding steroid dienone is 1. The van der Waals surface area contributed by atoms with E-state index in [-0.39, 0.29) is 17.9 Å². The first-order valence-corrected chi connectivity index (χ1v) is 10.3. The van der Waals surface area contributed by atoms with Gasteiger partial charge in [-0.05, 0) is 43.2 Å². The Morgan fingerprint density at radius 3 is 2.70 bits per heavy atom. The van der Waals surface area contributed by atoms with Crippen LogP contribution in [0.2, 0.25) is 0 Å². The second kappa shape index (κ2) is 9.41. The molecule has 0 fully saturated rings. The maximum atomic E-state index is 12.7. The van der Waals surface area contributed by atoms with E-state index in [2.05, 4.69) is 22.2 Å². The van der Waals surface area contributed by atoms with Crippen LogP contribution in [-0.4, -0.2) is 27.2 Å². The van der Waals surface area contributed by atoms with Crippen LogP contribution in [0, 0.1) is 13.8 Å². The van der Waals surface area contributed by atoms with Crippen molar-refractivity contribution in [1.82, 2.24) is 14.9 Å². The van der Waals surface area contributed by atoms with Crippen LogP contribution in [-0.2, 0) is 11.3 Å². The number of thioether (sulfide) groups is 1. The van der Waals surface area contributed by atoms with Crippen LogP contribution in [0.3, 0.4) is 0 Å². The maximum Gasteiger partial charge on any atom is 0.325 e. The number of imide groups is 1. The summed E-state index contributed by atoms with van der Waals surface area (Å²) in [5.41, 5.74) is 2.97. The van der Waals surface area contributed by atoms with Crippen LogP contribution in [0.5, 0.6) is 0 Å². The molecule has 3 rings (SSSR count). The van der Waals surface area contributed by atoms with Crippen molar-refractivity contribution in [1.29, 1.82) is 0 Å². The lowest BCUT2D eigenvalue weighted by Crippen LogP contribution is -2.36. The highest BCUT2D eigenvalue weighted by molar-refractivity contribution is 7.99. The molecule has 0 aliphatic heterocycles. The second-order valence-electron chi connectivity index (χ2n) is 6.65. The first-order chi connectivity index (χ1) is 14.4. The number of para-hydroxylation sites is 1. The van der Waals surface area contributed by atoms with E-state index < -0.39 is 11.9 Å². The van der Waals surface area contributed by atoms with E-state index in [4.69, 9.17) is 0 Å². The first kappa shape index (κ1) is 21.3. The largest absolute Gasteiger partial charge is 0.325 e. The fourth-order valence-corrected chi connectivity index (χ4v) is 3.69. The molecule has 1 heterocycles. The average molecular weight is 423 g/mol. The van der Waals surface area contributed by atoms with Gasteiger partial charge in [-0.15, -0.1) is 6.58 Å². The summed E-state index contributed by atoms with van der Waals surface area (Å²) in [6, 6.07) is 12.0. The number of aryl methyl sites for hydroxylation is 1. The minimum atomic E-state index is -0.607. The fourth-order valence-electron chi connectivity index (χ4n) is 2.88. The molecule has 0 aliphatic carbocycles. The topological polar surface area (TPSA) is 93.1 Å². The maximum absolute atomic E-state index is 12.7. The molecule has 0 atom stereocenters. The van der Waals surface area contributed by atoms with Crippen molar-refractivity contribution >= 4 is 40.3 Å². The Labute approximate surface area is 178 Å². The van der Waals surface area contributed by atoms with Gasteiger partial charge in [0.1, 0.15) is 0 Å². The normalized spacial score (nSPS) is 10.6. The summed E-state index contributed by atoms with van der Waals surface area (Å²) in [7, 11) is 0. The van der Waals surface area contributed by atoms with Crippen LogP contribution < -0.4 is 16.2 Å². The van der Waals surface area contributed by atoms with Gasteiger partial charge in [0.15, 0.2) is 5.16 Å². The van der Waals surface area contributed by atoms with E-state index >= 15 is 0 Å². The molecule has 0 saturated carbocycles. The van der Waals surface area contributed by atoms with Gasteiger partial charge in [0.2, 0.25) is 5.91 Å². The predicted octanol–water partition coefficient (Wildman–Crippen LogP) is 3.64. The zero-order valence-electron chi connectivity index (χ0n) is 16.8. The molecule has 0 saturated heterocycles. The number of anilines is 1. The van der Waals surface area contributed by atoms with Gasteiger partial charge in [0.25, 0.3) is 5.56 Å². The summed E-state index contributed by atoms with van der Waals surface area (Å²) in [4.78, 5) is 41.6. The molecule has 0 radical (unpaired) electrons. The van der Waals surface area contributed by atoms with Crippen LogP contribution in [0.25, 0.3) is 10.9 Å². The molecule has 0 spiro atoms. The predicted molar refractivity (Wildman–Crippen MR) is 120 cm³/mol. The van der Waals surface area contributed by atoms with Crippen molar-refractivity contribution in [3.05, 3.63) is 76.6 Å². The molecule has 3 aromatic rings. The number of fused-ring (bicyclic) bond motifs is 1. The summed E-state index contributed by atoms with van der Waals surface area (Å²) < 4.78 is 1.46. The van der Waals surface area contributed by atoms with Gasteiger partial charge in [-0.2, -0.15) is 0 Å². The highest BCUT2D eigenvalue weighted by Gasteiger charge is 2.14. The van der Waals surface area contributed by atoms with Crippen molar-refractivity contribution in [2.75, 3.05) is 11.1 Å². The Morgan fingerprint density at radius 2 is 1.93 bits per heavy atom. The van der Waals surface area contributed by atoms with Crippen LogP contribution in [0.1, 0.15) is 11.1 Å². The molecule has 3 amide bonds. The van der Waals surface area contributed by atoms with Crippen molar-refractivity contribution in [2.24, 2.45) is 0 Å². The van der Waals surface area contributed by atoms with Crippen LogP contribution >= 0.6 is 11.8 Å². The van der Waals surface area contributed by atoms with Gasteiger partial charge < -0.3 is 5.32 Å². The Kier molecular flexibility index (Phi) is 6.68. The summed E-state index contributed by atoms with van der Waals surface area (Å²) in [6.45, 7) is 7.79. The lowest BCUT2D eigenvalue weighted by Gasteiger charge is -2.12. The van der Waals surface area contributed by atoms with Gasteiger partial charge >= 0.3 is 6.03 Å². The number of nitrogens with one attached hydrogen (secondary N) is 2. The number of aromatic nitrogens is 2. The Balaban J connectivity index is 1.69. The standard InChI is InChI=1S/C22H22N4O3S/c1-4-12-26-20(28)16-9-5-6-10-18(16)24-22(26)30-13-19(27)25-21(29)23-17-11-7-8-14(2)15(17)3/h4-11H,1,12-13H2,2-3H3,(H2,23,25,27,29). The van der Waals surface area contributed by atoms with Crippen LogP contribution in [0.4, 0.5) is 10.5 Å². The second-order valence-corrected chi connectivity index (χ2v) is 7.60. The Hall–Kier alpha value is -3.39. The molecule has 0 bridgehead atoms. The summed E-state index contributed by atoms with van der Waals surface area (Å²) >= 11 is 1.09. The SMILES string of the molecule is C=CCn1c(SCC(=O)NC(=O)Nc2cccc(C)c2C)nc2ccccc2c1=O. The fraction of sp³-hybridized carbons (Fsp3) is 0.182. The molecule has 1 aromatic heterocycles. The quantitative estimate of drug-likeness (QED) is 0.359. The third kappa shape index (κ3) is 4.77. The zero-order valence-corrected chi connectivity index (χ0v) is 17.6. The number of nitrogens with zero attached hydrogens (tertiary/aromatic N) is 2. The Morgan fingerprint density at radius 1 is 1.17 bits per heavy atom. The summed E-state index contributed by atoms with van der Waals surface area (Å²) in [5.74, 6) is -0.558. The lowest BCUT2D eigenvalue weighted by atomic mass is 10.1. The van der Waals surface area contributed by atoms with Crippen LogP contribution in [0.15, 0.2) is 65.1 Å². The van der Waals surface area contributed by atoms with E-state index in [1.807, 2.05) is 26.0 Å². The molecule has 0 unspecified atom stereocenters. The number of amides is 3. The number of carbonyl (C=O) groups is 2. The van der Waals surface area contributed by atoms with Crippen molar-refractivity contribution in [2.45, 2.75) is 25.5 Å². The molecular weight excluding hydrogens is 400 g/mol. The van der Waals surface area contributed by atoms with E-state index in [1.165, 1.54) is 4.57 Å². The molecule has 8 heteroatoms. The van der Waals surface area contributed by atoms with E-state index in [0.717, 1.165) is 22.9 Å². The van der Waals surface area contributed by atoms with Gasteiger partial charge in [-0.1, -0.05) is 42.1 Å². The number of rotatable bonds is 6. The van der Waals surface area contributed by atoms with Crippen molar-refractivity contribution in [3.63, 3.8) is 0 Å². The van der Waals surface area contributed by atoms with E-state index in [9.17, 15) is 14.4 Å². The molecule has 7 nitrogen and oxygen atoms in total. The Bertz CT molecular complexity index is 1190. The smallest absolute Gasteiger partial charge is 0.307 e. The summed E-state index contributed by atoms with van der Waals surface area (Å²) in [5, 5.41) is 5.88. The highest BCUT2D eigenvalue weighted by atomic mass is 32.2. The molecule has 30 heavy (non-hydrogen) atoms. The molecule has 2 aromatic carbocycles. The molecule has 0 aliphatic rings. The number of hydrogen-bond acceptors (Lipinski definition) is 5. The van der Waals surface area contributed by atoms with E-state index in [1.54, 1.807) is 36.4 Å². The number of hydrogen-bond donors (Lipinski definition) is 2. The minimum absolute atomic E-state index is 0.0673. The summed E-state index contributed by atoms with van der Waals surface area (Å²) in [6.07, 6.45) is 1.60.